The lowest BCUT2D eigenvalue weighted by molar-refractivity contribution is -0.107. The van der Waals surface area contributed by atoms with Gasteiger partial charge in [0.1, 0.15) is 29.9 Å². The topological polar surface area (TPSA) is 94.1 Å². The smallest absolute Gasteiger partial charge is 0.119 e. The second kappa shape index (κ2) is 9.33. The number of carbonyl (C=O) groups is 1. The van der Waals surface area contributed by atoms with Gasteiger partial charge in [-0.3, -0.25) is 0 Å². The van der Waals surface area contributed by atoms with Gasteiger partial charge in [0.2, 0.25) is 0 Å². The second-order valence-electron chi connectivity index (χ2n) is 8.60. The van der Waals surface area contributed by atoms with Gasteiger partial charge in [-0.25, -0.2) is 0 Å². The standard InChI is InChI=1S/C30H22N2O3/c31-17-27-25-9-5-19-15-21(34)7-11-23(19)29(25)30-24-12-8-22(35-14-4-2-1-3-13-33)16-20(24)6-10-26(30)28(27)18-32/h5-13,15-16,34H,1-4,14H2. The summed E-state index contributed by atoms with van der Waals surface area (Å²) in [5.41, 5.74) is 0.726. The average molecular weight is 459 g/mol. The summed E-state index contributed by atoms with van der Waals surface area (Å²) < 4.78 is 5.95. The van der Waals surface area contributed by atoms with Gasteiger partial charge in [0, 0.05) is 17.2 Å². The fourth-order valence-corrected chi connectivity index (χ4v) is 4.87. The molecule has 5 heteroatoms. The van der Waals surface area contributed by atoms with E-state index in [1.54, 1.807) is 12.1 Å². The summed E-state index contributed by atoms with van der Waals surface area (Å²) in [6.45, 7) is 0.582. The molecular formula is C30H22N2O3. The number of aromatic hydroxyl groups is 1. The minimum absolute atomic E-state index is 0.174. The summed E-state index contributed by atoms with van der Waals surface area (Å²) in [5.74, 6) is 0.939. The number of nitrogens with zero attached hydrogens (tertiary/aromatic N) is 2. The molecule has 0 aliphatic rings. The molecule has 5 aromatic rings. The molecular weight excluding hydrogens is 436 g/mol. The zero-order valence-electron chi connectivity index (χ0n) is 19.0. The molecule has 0 aliphatic carbocycles. The molecule has 0 bridgehead atoms. The first-order valence-corrected chi connectivity index (χ1v) is 11.6. The normalized spacial score (nSPS) is 11.0. The summed E-state index contributed by atoms with van der Waals surface area (Å²) in [6.07, 6.45) is 4.24. The summed E-state index contributed by atoms with van der Waals surface area (Å²) in [6, 6.07) is 23.2. The monoisotopic (exact) mass is 458 g/mol. The van der Waals surface area contributed by atoms with Crippen LogP contribution < -0.4 is 4.74 Å². The van der Waals surface area contributed by atoms with Crippen LogP contribution in [0.2, 0.25) is 0 Å². The molecule has 0 fully saturated rings. The van der Waals surface area contributed by atoms with E-state index in [1.807, 2.05) is 48.5 Å². The molecule has 0 saturated carbocycles. The maximum atomic E-state index is 10.4. The zero-order chi connectivity index (χ0) is 24.4. The first-order chi connectivity index (χ1) is 17.2. The van der Waals surface area contributed by atoms with Crippen LogP contribution in [0.5, 0.6) is 11.5 Å². The highest BCUT2D eigenvalue weighted by atomic mass is 16.5. The fourth-order valence-electron chi connectivity index (χ4n) is 4.87. The number of phenols is 1. The summed E-state index contributed by atoms with van der Waals surface area (Å²) in [4.78, 5) is 10.4. The number of phenolic OH excluding ortho intramolecular Hbond substituents is 1. The third kappa shape index (κ3) is 3.88. The van der Waals surface area contributed by atoms with Gasteiger partial charge >= 0.3 is 0 Å². The van der Waals surface area contributed by atoms with Crippen molar-refractivity contribution in [3.05, 3.63) is 71.8 Å². The number of ether oxygens (including phenoxy) is 1. The molecule has 35 heavy (non-hydrogen) atoms. The van der Waals surface area contributed by atoms with E-state index in [1.165, 1.54) is 0 Å². The van der Waals surface area contributed by atoms with Crippen molar-refractivity contribution in [3.8, 4) is 23.6 Å². The number of unbranched alkanes of at least 4 members (excludes halogenated alkanes) is 3. The molecule has 0 aromatic heterocycles. The number of fused-ring (bicyclic) bond motifs is 7. The Morgan fingerprint density at radius 1 is 0.743 bits per heavy atom. The minimum atomic E-state index is 0.174. The van der Waals surface area contributed by atoms with E-state index in [9.17, 15) is 20.4 Å². The van der Waals surface area contributed by atoms with E-state index in [2.05, 4.69) is 12.1 Å². The number of hydrogen-bond donors (Lipinski definition) is 1. The van der Waals surface area contributed by atoms with E-state index in [0.717, 1.165) is 74.4 Å². The Balaban J connectivity index is 1.72. The van der Waals surface area contributed by atoms with E-state index >= 15 is 0 Å². The minimum Gasteiger partial charge on any atom is -0.508 e. The first-order valence-electron chi connectivity index (χ1n) is 11.6. The van der Waals surface area contributed by atoms with Gasteiger partial charge in [-0.1, -0.05) is 36.4 Å². The van der Waals surface area contributed by atoms with Crippen LogP contribution in [0.25, 0.3) is 43.1 Å². The van der Waals surface area contributed by atoms with Crippen molar-refractivity contribution in [1.82, 2.24) is 0 Å². The molecule has 0 saturated heterocycles. The molecule has 5 nitrogen and oxygen atoms in total. The van der Waals surface area contributed by atoms with Crippen molar-refractivity contribution in [2.24, 2.45) is 0 Å². The van der Waals surface area contributed by atoms with Crippen molar-refractivity contribution in [2.75, 3.05) is 6.61 Å². The maximum Gasteiger partial charge on any atom is 0.119 e. The molecule has 5 aromatic carbocycles. The molecule has 170 valence electrons. The highest BCUT2D eigenvalue weighted by Crippen LogP contribution is 2.41. The van der Waals surface area contributed by atoms with Crippen LogP contribution >= 0.6 is 0 Å². The molecule has 0 amide bonds. The van der Waals surface area contributed by atoms with Crippen LogP contribution in [-0.2, 0) is 4.79 Å². The highest BCUT2D eigenvalue weighted by molar-refractivity contribution is 6.29. The SMILES string of the molecule is N#Cc1c(C#N)c2ccc3cc(OCCCCCC=O)ccc3c2c2c1ccc1cc(O)ccc12. The van der Waals surface area contributed by atoms with Crippen LogP contribution in [0.1, 0.15) is 36.8 Å². The second-order valence-corrected chi connectivity index (χ2v) is 8.60. The molecule has 0 atom stereocenters. The molecule has 0 heterocycles. The van der Waals surface area contributed by atoms with Gasteiger partial charge in [0.05, 0.1) is 17.7 Å². The number of carbonyl (C=O) groups excluding carboxylic acids is 1. The summed E-state index contributed by atoms with van der Waals surface area (Å²) in [5, 5.41) is 36.9. The number of aldehydes is 1. The van der Waals surface area contributed by atoms with Gasteiger partial charge in [-0.05, 0) is 75.8 Å². The largest absolute Gasteiger partial charge is 0.508 e. The molecule has 0 radical (unpaired) electrons. The Kier molecular flexibility index (Phi) is 5.92. The third-order valence-corrected chi connectivity index (χ3v) is 6.49. The van der Waals surface area contributed by atoms with Gasteiger partial charge in [0.15, 0.2) is 0 Å². The lowest BCUT2D eigenvalue weighted by atomic mass is 9.87. The van der Waals surface area contributed by atoms with Crippen LogP contribution in [0.15, 0.2) is 60.7 Å². The number of nitriles is 2. The Hall–Kier alpha value is -4.61. The average Bonchev–Trinajstić information content (AvgIpc) is 2.88. The molecule has 0 aliphatic heterocycles. The van der Waals surface area contributed by atoms with E-state index in [0.29, 0.717) is 24.2 Å². The first kappa shape index (κ1) is 22.2. The Bertz CT molecular complexity index is 1710. The molecule has 5 rings (SSSR count). The molecule has 0 spiro atoms. The Morgan fingerprint density at radius 2 is 1.34 bits per heavy atom. The molecule has 1 N–H and O–H groups in total. The van der Waals surface area contributed by atoms with Gasteiger partial charge in [-0.15, -0.1) is 0 Å². The van der Waals surface area contributed by atoms with Gasteiger partial charge in [-0.2, -0.15) is 10.5 Å². The van der Waals surface area contributed by atoms with E-state index < -0.39 is 0 Å². The number of benzene rings is 5. The number of hydrogen-bond acceptors (Lipinski definition) is 5. The zero-order valence-corrected chi connectivity index (χ0v) is 19.0. The van der Waals surface area contributed by atoms with Crippen molar-refractivity contribution >= 4 is 49.4 Å². The number of rotatable bonds is 7. The Morgan fingerprint density at radius 3 is 1.97 bits per heavy atom. The quantitative estimate of drug-likeness (QED) is 0.163. The molecule has 0 unspecified atom stereocenters. The highest BCUT2D eigenvalue weighted by Gasteiger charge is 2.18. The van der Waals surface area contributed by atoms with Gasteiger partial charge < -0.3 is 14.6 Å². The van der Waals surface area contributed by atoms with Gasteiger partial charge in [0.25, 0.3) is 0 Å². The van der Waals surface area contributed by atoms with Crippen molar-refractivity contribution in [3.63, 3.8) is 0 Å². The van der Waals surface area contributed by atoms with Crippen LogP contribution in [-0.4, -0.2) is 18.0 Å². The fraction of sp³-hybridized carbons (Fsp3) is 0.167. The summed E-state index contributed by atoms with van der Waals surface area (Å²) >= 11 is 0. The lowest BCUT2D eigenvalue weighted by Crippen LogP contribution is -1.97. The van der Waals surface area contributed by atoms with Crippen LogP contribution in [0.3, 0.4) is 0 Å². The maximum absolute atomic E-state index is 10.4. The third-order valence-electron chi connectivity index (χ3n) is 6.49. The van der Waals surface area contributed by atoms with Crippen molar-refractivity contribution < 1.29 is 14.6 Å². The summed E-state index contributed by atoms with van der Waals surface area (Å²) in [7, 11) is 0. The van der Waals surface area contributed by atoms with Crippen LogP contribution in [0, 0.1) is 22.7 Å². The predicted octanol–water partition coefficient (Wildman–Crippen LogP) is 6.89. The predicted molar refractivity (Wildman–Crippen MR) is 138 cm³/mol. The van der Waals surface area contributed by atoms with E-state index in [-0.39, 0.29) is 5.75 Å². The Labute approximate surface area is 202 Å². The lowest BCUT2D eigenvalue weighted by Gasteiger charge is -2.15. The van der Waals surface area contributed by atoms with Crippen molar-refractivity contribution in [2.45, 2.75) is 25.7 Å². The van der Waals surface area contributed by atoms with Crippen molar-refractivity contribution in [1.29, 1.82) is 10.5 Å². The van der Waals surface area contributed by atoms with E-state index in [4.69, 9.17) is 4.74 Å². The van der Waals surface area contributed by atoms with Crippen LogP contribution in [0.4, 0.5) is 0 Å².